The minimum absolute atomic E-state index is 0.136. The summed E-state index contributed by atoms with van der Waals surface area (Å²) in [4.78, 5) is 12.2. The largest absolute Gasteiger partial charge is 0.467 e. The summed E-state index contributed by atoms with van der Waals surface area (Å²) in [6.45, 7) is 3.85. The van der Waals surface area contributed by atoms with E-state index in [1.54, 1.807) is 12.3 Å². The van der Waals surface area contributed by atoms with Gasteiger partial charge in [-0.05, 0) is 25.5 Å². The summed E-state index contributed by atoms with van der Waals surface area (Å²) in [6.07, 6.45) is 3.12. The van der Waals surface area contributed by atoms with Gasteiger partial charge in [-0.2, -0.15) is 0 Å². The molecular formula is C12H18N2O2S. The van der Waals surface area contributed by atoms with Crippen LogP contribution < -0.4 is 11.1 Å². The molecule has 2 atom stereocenters. The Morgan fingerprint density at radius 3 is 2.82 bits per heavy atom. The van der Waals surface area contributed by atoms with Crippen molar-refractivity contribution >= 4 is 23.1 Å². The lowest BCUT2D eigenvalue weighted by molar-refractivity contribution is -0.123. The summed E-state index contributed by atoms with van der Waals surface area (Å²) in [7, 11) is 0. The molecule has 0 bridgehead atoms. The molecule has 17 heavy (non-hydrogen) atoms. The lowest BCUT2D eigenvalue weighted by atomic mass is 10.0. The van der Waals surface area contributed by atoms with Gasteiger partial charge in [-0.25, -0.2) is 0 Å². The number of carbonyl (C=O) groups excluding carboxylic acids is 1. The number of thiocarbonyl (C=S) groups is 1. The van der Waals surface area contributed by atoms with Crippen molar-refractivity contribution in [3.63, 3.8) is 0 Å². The van der Waals surface area contributed by atoms with Crippen LogP contribution in [-0.4, -0.2) is 10.9 Å². The summed E-state index contributed by atoms with van der Waals surface area (Å²) in [6, 6.07) is 3.43. The highest BCUT2D eigenvalue weighted by Crippen LogP contribution is 2.14. The Labute approximate surface area is 107 Å². The average Bonchev–Trinajstić information content (AvgIpc) is 2.78. The zero-order valence-electron chi connectivity index (χ0n) is 10.1. The van der Waals surface area contributed by atoms with Gasteiger partial charge < -0.3 is 15.5 Å². The first-order valence-corrected chi connectivity index (χ1v) is 6.10. The number of furan rings is 1. The smallest absolute Gasteiger partial charge is 0.230 e. The van der Waals surface area contributed by atoms with Gasteiger partial charge in [0.25, 0.3) is 0 Å². The molecule has 0 saturated carbocycles. The van der Waals surface area contributed by atoms with Crippen molar-refractivity contribution in [2.24, 2.45) is 11.7 Å². The second kappa shape index (κ2) is 6.39. The molecule has 1 rings (SSSR count). The van der Waals surface area contributed by atoms with Crippen LogP contribution in [0.15, 0.2) is 22.8 Å². The Morgan fingerprint density at radius 1 is 1.65 bits per heavy atom. The van der Waals surface area contributed by atoms with E-state index in [-0.39, 0.29) is 16.9 Å². The van der Waals surface area contributed by atoms with Gasteiger partial charge in [0.15, 0.2) is 0 Å². The van der Waals surface area contributed by atoms with Crippen LogP contribution in [0, 0.1) is 5.92 Å². The third kappa shape index (κ3) is 3.85. The highest BCUT2D eigenvalue weighted by Gasteiger charge is 2.22. The third-order valence-electron chi connectivity index (χ3n) is 2.57. The first kappa shape index (κ1) is 13.7. The van der Waals surface area contributed by atoms with E-state index >= 15 is 0 Å². The summed E-state index contributed by atoms with van der Waals surface area (Å²) >= 11 is 4.91. The molecule has 2 unspecified atom stereocenters. The fraction of sp³-hybridized carbons (Fsp3) is 0.500. The zero-order valence-corrected chi connectivity index (χ0v) is 10.9. The quantitative estimate of drug-likeness (QED) is 0.763. The van der Waals surface area contributed by atoms with E-state index in [1.807, 2.05) is 19.9 Å². The fourth-order valence-electron chi connectivity index (χ4n) is 1.61. The second-order valence-corrected chi connectivity index (χ2v) is 4.46. The van der Waals surface area contributed by atoms with Crippen molar-refractivity contribution in [1.82, 2.24) is 5.32 Å². The topological polar surface area (TPSA) is 68.3 Å². The SMILES string of the molecule is CCCC(C(=O)NC(C)c1ccco1)C(N)=S. The van der Waals surface area contributed by atoms with Gasteiger partial charge in [-0.15, -0.1) is 0 Å². The molecule has 0 aromatic carbocycles. The molecule has 4 nitrogen and oxygen atoms in total. The Bertz CT molecular complexity index is 376. The van der Waals surface area contributed by atoms with E-state index < -0.39 is 5.92 Å². The van der Waals surface area contributed by atoms with Crippen LogP contribution in [0.1, 0.15) is 38.5 Å². The lowest BCUT2D eigenvalue weighted by Gasteiger charge is -2.17. The summed E-state index contributed by atoms with van der Waals surface area (Å²) in [5.74, 6) is 0.187. The van der Waals surface area contributed by atoms with Crippen LogP contribution in [0.2, 0.25) is 0 Å². The molecule has 0 saturated heterocycles. The van der Waals surface area contributed by atoms with E-state index in [1.165, 1.54) is 0 Å². The number of carbonyl (C=O) groups is 1. The standard InChI is InChI=1S/C12H18N2O2S/c1-3-5-9(11(13)17)12(15)14-8(2)10-6-4-7-16-10/h4,6-9H,3,5H2,1-2H3,(H2,13,17)(H,14,15). The van der Waals surface area contributed by atoms with Gasteiger partial charge >= 0.3 is 0 Å². The monoisotopic (exact) mass is 254 g/mol. The lowest BCUT2D eigenvalue weighted by Crippen LogP contribution is -2.38. The molecule has 3 N–H and O–H groups in total. The number of nitrogens with one attached hydrogen (secondary N) is 1. The Morgan fingerprint density at radius 2 is 2.35 bits per heavy atom. The molecule has 1 amide bonds. The minimum Gasteiger partial charge on any atom is -0.467 e. The molecule has 0 aliphatic carbocycles. The average molecular weight is 254 g/mol. The predicted molar refractivity (Wildman–Crippen MR) is 70.4 cm³/mol. The Kier molecular flexibility index (Phi) is 5.15. The Hall–Kier alpha value is -1.36. The number of rotatable bonds is 6. The van der Waals surface area contributed by atoms with Crippen molar-refractivity contribution in [2.45, 2.75) is 32.7 Å². The van der Waals surface area contributed by atoms with E-state index in [0.717, 1.165) is 12.2 Å². The number of amides is 1. The van der Waals surface area contributed by atoms with E-state index in [4.69, 9.17) is 22.4 Å². The first-order valence-electron chi connectivity index (χ1n) is 5.69. The predicted octanol–water partition coefficient (Wildman–Crippen LogP) is 2.16. The van der Waals surface area contributed by atoms with Crippen LogP contribution in [0.5, 0.6) is 0 Å². The fourth-order valence-corrected chi connectivity index (χ4v) is 1.84. The summed E-state index contributed by atoms with van der Waals surface area (Å²) < 4.78 is 5.22. The summed E-state index contributed by atoms with van der Waals surface area (Å²) in [5.41, 5.74) is 5.57. The van der Waals surface area contributed by atoms with Crippen molar-refractivity contribution in [3.8, 4) is 0 Å². The maximum absolute atomic E-state index is 12.0. The van der Waals surface area contributed by atoms with Gasteiger partial charge in [-0.3, -0.25) is 4.79 Å². The molecule has 0 aliphatic heterocycles. The molecular weight excluding hydrogens is 236 g/mol. The van der Waals surface area contributed by atoms with E-state index in [2.05, 4.69) is 5.32 Å². The molecule has 1 aromatic rings. The van der Waals surface area contributed by atoms with Crippen molar-refractivity contribution in [1.29, 1.82) is 0 Å². The summed E-state index contributed by atoms with van der Waals surface area (Å²) in [5, 5.41) is 2.85. The van der Waals surface area contributed by atoms with Crippen molar-refractivity contribution < 1.29 is 9.21 Å². The van der Waals surface area contributed by atoms with Gasteiger partial charge in [0, 0.05) is 0 Å². The second-order valence-electron chi connectivity index (χ2n) is 3.99. The molecule has 0 aliphatic rings. The van der Waals surface area contributed by atoms with Crippen LogP contribution in [0.4, 0.5) is 0 Å². The minimum atomic E-state index is -0.396. The molecule has 0 radical (unpaired) electrons. The van der Waals surface area contributed by atoms with Gasteiger partial charge in [0.05, 0.1) is 23.2 Å². The number of hydrogen-bond acceptors (Lipinski definition) is 3. The molecule has 1 aromatic heterocycles. The van der Waals surface area contributed by atoms with Gasteiger partial charge in [0.1, 0.15) is 5.76 Å². The zero-order chi connectivity index (χ0) is 12.8. The van der Waals surface area contributed by atoms with Crippen LogP contribution >= 0.6 is 12.2 Å². The molecule has 0 spiro atoms. The number of nitrogens with two attached hydrogens (primary N) is 1. The van der Waals surface area contributed by atoms with Crippen molar-refractivity contribution in [2.75, 3.05) is 0 Å². The van der Waals surface area contributed by atoms with E-state index in [0.29, 0.717) is 6.42 Å². The molecule has 5 heteroatoms. The van der Waals surface area contributed by atoms with Crippen LogP contribution in [0.25, 0.3) is 0 Å². The van der Waals surface area contributed by atoms with Crippen LogP contribution in [-0.2, 0) is 4.79 Å². The molecule has 0 fully saturated rings. The first-order chi connectivity index (χ1) is 8.06. The van der Waals surface area contributed by atoms with Gasteiger partial charge in [-0.1, -0.05) is 25.6 Å². The maximum atomic E-state index is 12.0. The Balaban J connectivity index is 2.60. The van der Waals surface area contributed by atoms with E-state index in [9.17, 15) is 4.79 Å². The normalized spacial score (nSPS) is 14.0. The maximum Gasteiger partial charge on any atom is 0.230 e. The third-order valence-corrected chi connectivity index (χ3v) is 2.85. The van der Waals surface area contributed by atoms with Crippen molar-refractivity contribution in [3.05, 3.63) is 24.2 Å². The number of hydrogen-bond donors (Lipinski definition) is 2. The molecule has 94 valence electrons. The molecule has 1 heterocycles. The van der Waals surface area contributed by atoms with Crippen LogP contribution in [0.3, 0.4) is 0 Å². The highest BCUT2D eigenvalue weighted by molar-refractivity contribution is 7.80. The highest BCUT2D eigenvalue weighted by atomic mass is 32.1. The van der Waals surface area contributed by atoms with Gasteiger partial charge in [0.2, 0.25) is 5.91 Å².